The molecule has 4 aromatic rings. The third-order valence-electron chi connectivity index (χ3n) is 5.02. The predicted octanol–water partition coefficient (Wildman–Crippen LogP) is 3.91. The zero-order chi connectivity index (χ0) is 21.6. The Morgan fingerprint density at radius 1 is 1.06 bits per heavy atom. The summed E-state index contributed by atoms with van der Waals surface area (Å²) in [4.78, 5) is 16.8. The molecule has 1 N–H and O–H groups in total. The van der Waals surface area contributed by atoms with Crippen LogP contribution in [0.4, 0.5) is 0 Å². The number of aryl methyl sites for hydroxylation is 1. The van der Waals surface area contributed by atoms with Crippen molar-refractivity contribution < 1.29 is 9.53 Å². The normalized spacial score (nSPS) is 10.9. The molecule has 0 atom stereocenters. The number of benzene rings is 2. The zero-order valence-electron chi connectivity index (χ0n) is 17.6. The Bertz CT molecular complexity index is 1150. The van der Waals surface area contributed by atoms with Crippen molar-refractivity contribution in [2.75, 3.05) is 6.61 Å². The van der Waals surface area contributed by atoms with Crippen molar-refractivity contribution in [2.24, 2.45) is 0 Å². The lowest BCUT2D eigenvalue weighted by atomic mass is 9.98. The number of tetrazole rings is 1. The number of imidazole rings is 1. The second kappa shape index (κ2) is 9.34. The quantitative estimate of drug-likeness (QED) is 0.437. The number of nitrogens with one attached hydrogen (secondary N) is 1. The summed E-state index contributed by atoms with van der Waals surface area (Å²) in [6, 6.07) is 16.2. The molecule has 158 valence electrons. The first kappa shape index (κ1) is 20.5. The van der Waals surface area contributed by atoms with Crippen molar-refractivity contribution in [2.45, 2.75) is 33.2 Å². The predicted molar refractivity (Wildman–Crippen MR) is 116 cm³/mol. The molecule has 0 amide bonds. The van der Waals surface area contributed by atoms with E-state index in [0.717, 1.165) is 40.9 Å². The van der Waals surface area contributed by atoms with Gasteiger partial charge in [0.1, 0.15) is 11.5 Å². The molecule has 0 radical (unpaired) electrons. The lowest BCUT2D eigenvalue weighted by Gasteiger charge is -2.12. The minimum atomic E-state index is -0.344. The molecule has 2 heterocycles. The van der Waals surface area contributed by atoms with Crippen LogP contribution in [0.3, 0.4) is 0 Å². The standard InChI is InChI=1S/C23H24N6O2/c1-3-7-21-24-14-20(23(30)31-4-2)29(21)15-16-10-12-17(13-11-16)18-8-5-6-9-19(18)22-25-27-28-26-22/h5-6,8-14H,3-4,7,15H2,1-2H3,(H,25,26,27,28). The Hall–Kier alpha value is -3.81. The van der Waals surface area contributed by atoms with Crippen molar-refractivity contribution in [1.82, 2.24) is 30.2 Å². The summed E-state index contributed by atoms with van der Waals surface area (Å²) in [6.07, 6.45) is 3.36. The smallest absolute Gasteiger partial charge is 0.356 e. The van der Waals surface area contributed by atoms with Crippen LogP contribution in [0.15, 0.2) is 54.7 Å². The van der Waals surface area contributed by atoms with Gasteiger partial charge in [0.25, 0.3) is 0 Å². The van der Waals surface area contributed by atoms with Gasteiger partial charge in [0.15, 0.2) is 0 Å². The molecule has 0 aliphatic carbocycles. The highest BCUT2D eigenvalue weighted by molar-refractivity contribution is 5.87. The Labute approximate surface area is 180 Å². The Morgan fingerprint density at radius 3 is 2.52 bits per heavy atom. The van der Waals surface area contributed by atoms with Crippen LogP contribution in [-0.4, -0.2) is 42.8 Å². The fourth-order valence-corrected chi connectivity index (χ4v) is 3.56. The van der Waals surface area contributed by atoms with E-state index < -0.39 is 0 Å². The number of carbonyl (C=O) groups excluding carboxylic acids is 1. The molecule has 0 saturated carbocycles. The molecule has 31 heavy (non-hydrogen) atoms. The average molecular weight is 416 g/mol. The van der Waals surface area contributed by atoms with Crippen molar-refractivity contribution in [3.8, 4) is 22.5 Å². The molecule has 0 spiro atoms. The summed E-state index contributed by atoms with van der Waals surface area (Å²) in [5.74, 6) is 1.10. The van der Waals surface area contributed by atoms with E-state index in [-0.39, 0.29) is 5.97 Å². The number of aromatic amines is 1. The molecule has 4 rings (SSSR count). The van der Waals surface area contributed by atoms with Gasteiger partial charge in [-0.1, -0.05) is 55.5 Å². The van der Waals surface area contributed by atoms with Gasteiger partial charge >= 0.3 is 5.97 Å². The molecule has 8 heteroatoms. The van der Waals surface area contributed by atoms with Crippen molar-refractivity contribution >= 4 is 5.97 Å². The van der Waals surface area contributed by atoms with Crippen LogP contribution in [-0.2, 0) is 17.7 Å². The van der Waals surface area contributed by atoms with Gasteiger partial charge in [-0.2, -0.15) is 5.21 Å². The lowest BCUT2D eigenvalue weighted by molar-refractivity contribution is 0.0514. The van der Waals surface area contributed by atoms with E-state index in [4.69, 9.17) is 4.74 Å². The van der Waals surface area contributed by atoms with E-state index in [1.807, 2.05) is 28.8 Å². The summed E-state index contributed by atoms with van der Waals surface area (Å²) in [5.41, 5.74) is 4.54. The minimum absolute atomic E-state index is 0.335. The number of ether oxygens (including phenoxy) is 1. The average Bonchev–Trinajstić information content (AvgIpc) is 3.46. The van der Waals surface area contributed by atoms with Gasteiger partial charge in [-0.3, -0.25) is 0 Å². The van der Waals surface area contributed by atoms with E-state index in [2.05, 4.69) is 56.8 Å². The van der Waals surface area contributed by atoms with E-state index in [1.54, 1.807) is 13.1 Å². The van der Waals surface area contributed by atoms with Crippen molar-refractivity contribution in [1.29, 1.82) is 0 Å². The van der Waals surface area contributed by atoms with Crippen LogP contribution >= 0.6 is 0 Å². The molecule has 8 nitrogen and oxygen atoms in total. The summed E-state index contributed by atoms with van der Waals surface area (Å²) in [5, 5.41) is 14.4. The summed E-state index contributed by atoms with van der Waals surface area (Å²) >= 11 is 0. The van der Waals surface area contributed by atoms with Crippen LogP contribution in [0.2, 0.25) is 0 Å². The Balaban J connectivity index is 1.62. The van der Waals surface area contributed by atoms with Gasteiger partial charge in [-0.05, 0) is 35.2 Å². The molecule has 0 fully saturated rings. The maximum Gasteiger partial charge on any atom is 0.356 e. The molecule has 0 aliphatic heterocycles. The Kier molecular flexibility index (Phi) is 6.16. The van der Waals surface area contributed by atoms with Gasteiger partial charge in [0.2, 0.25) is 5.82 Å². The third kappa shape index (κ3) is 4.37. The molecule has 0 aliphatic rings. The number of carbonyl (C=O) groups is 1. The van der Waals surface area contributed by atoms with Crippen LogP contribution < -0.4 is 0 Å². The van der Waals surface area contributed by atoms with Gasteiger partial charge < -0.3 is 9.30 Å². The number of esters is 1. The van der Waals surface area contributed by atoms with E-state index in [9.17, 15) is 4.79 Å². The van der Waals surface area contributed by atoms with E-state index in [0.29, 0.717) is 24.7 Å². The first-order chi connectivity index (χ1) is 15.2. The van der Waals surface area contributed by atoms with Crippen molar-refractivity contribution in [3.05, 3.63) is 71.8 Å². The highest BCUT2D eigenvalue weighted by Crippen LogP contribution is 2.30. The largest absolute Gasteiger partial charge is 0.461 e. The second-order valence-corrected chi connectivity index (χ2v) is 7.09. The number of nitrogens with zero attached hydrogens (tertiary/aromatic N) is 5. The minimum Gasteiger partial charge on any atom is -0.461 e. The molecule has 2 aromatic heterocycles. The first-order valence-electron chi connectivity index (χ1n) is 10.3. The highest BCUT2D eigenvalue weighted by atomic mass is 16.5. The molecule has 0 saturated heterocycles. The molecular weight excluding hydrogens is 392 g/mol. The van der Waals surface area contributed by atoms with Crippen molar-refractivity contribution in [3.63, 3.8) is 0 Å². The third-order valence-corrected chi connectivity index (χ3v) is 5.02. The number of H-pyrrole nitrogens is 1. The number of hydrogen-bond donors (Lipinski definition) is 1. The van der Waals surface area contributed by atoms with E-state index in [1.165, 1.54) is 0 Å². The van der Waals surface area contributed by atoms with Crippen LogP contribution in [0.1, 0.15) is 42.1 Å². The van der Waals surface area contributed by atoms with Crippen LogP contribution in [0, 0.1) is 0 Å². The number of hydrogen-bond acceptors (Lipinski definition) is 6. The van der Waals surface area contributed by atoms with Crippen LogP contribution in [0.25, 0.3) is 22.5 Å². The number of rotatable bonds is 8. The summed E-state index contributed by atoms with van der Waals surface area (Å²) in [6.45, 7) is 4.79. The van der Waals surface area contributed by atoms with Crippen LogP contribution in [0.5, 0.6) is 0 Å². The molecular formula is C23H24N6O2. The summed E-state index contributed by atoms with van der Waals surface area (Å²) < 4.78 is 7.15. The van der Waals surface area contributed by atoms with Gasteiger partial charge in [-0.15, -0.1) is 10.2 Å². The number of aromatic nitrogens is 6. The lowest BCUT2D eigenvalue weighted by Crippen LogP contribution is -2.15. The fourth-order valence-electron chi connectivity index (χ4n) is 3.56. The summed E-state index contributed by atoms with van der Waals surface area (Å²) in [7, 11) is 0. The topological polar surface area (TPSA) is 98.6 Å². The maximum absolute atomic E-state index is 12.4. The van der Waals surface area contributed by atoms with Gasteiger partial charge in [-0.25, -0.2) is 9.78 Å². The molecule has 0 bridgehead atoms. The first-order valence-corrected chi connectivity index (χ1v) is 10.3. The zero-order valence-corrected chi connectivity index (χ0v) is 17.6. The molecule has 2 aromatic carbocycles. The van der Waals surface area contributed by atoms with E-state index >= 15 is 0 Å². The Morgan fingerprint density at radius 2 is 1.84 bits per heavy atom. The monoisotopic (exact) mass is 416 g/mol. The van der Waals surface area contributed by atoms with Gasteiger partial charge in [0, 0.05) is 18.5 Å². The molecule has 0 unspecified atom stereocenters. The maximum atomic E-state index is 12.4. The highest BCUT2D eigenvalue weighted by Gasteiger charge is 2.18. The fraction of sp³-hybridized carbons (Fsp3) is 0.261. The SMILES string of the molecule is CCCc1ncc(C(=O)OCC)n1Cc1ccc(-c2ccccc2-c2nn[nH]n2)cc1. The second-order valence-electron chi connectivity index (χ2n) is 7.09. The van der Waals surface area contributed by atoms with Gasteiger partial charge in [0.05, 0.1) is 12.8 Å².